The lowest BCUT2D eigenvalue weighted by Crippen LogP contribution is -2.30. The van der Waals surface area contributed by atoms with Crippen molar-refractivity contribution in [3.05, 3.63) is 46.9 Å². The van der Waals surface area contributed by atoms with Crippen LogP contribution < -0.4 is 0 Å². The maximum absolute atomic E-state index is 12.9. The minimum Gasteiger partial charge on any atom is -0.306 e. The number of benzene rings is 1. The van der Waals surface area contributed by atoms with Crippen LogP contribution in [0, 0.1) is 5.92 Å². The molecular weight excluding hydrogens is 341 g/mol. The molecule has 0 unspecified atom stereocenters. The average Bonchev–Trinajstić information content (AvgIpc) is 2.78. The van der Waals surface area contributed by atoms with Crippen LogP contribution in [0.3, 0.4) is 0 Å². The summed E-state index contributed by atoms with van der Waals surface area (Å²) in [6.45, 7) is 7.74. The van der Waals surface area contributed by atoms with Crippen LogP contribution in [0.5, 0.6) is 0 Å². The Morgan fingerprint density at radius 3 is 1.96 bits per heavy atom. The highest BCUT2D eigenvalue weighted by Gasteiger charge is 2.38. The number of nitrogens with zero attached hydrogens (tertiary/aromatic N) is 1. The summed E-state index contributed by atoms with van der Waals surface area (Å²) in [6, 6.07) is 6.66. The van der Waals surface area contributed by atoms with E-state index in [1.54, 1.807) is 38.1 Å². The molecule has 0 saturated carbocycles. The molecule has 7 heteroatoms. The zero-order valence-corrected chi connectivity index (χ0v) is 15.9. The summed E-state index contributed by atoms with van der Waals surface area (Å²) in [5.41, 5.74) is 1.06. The van der Waals surface area contributed by atoms with Crippen LogP contribution in [0.2, 0.25) is 0 Å². The zero-order chi connectivity index (χ0) is 18.6. The molecule has 6 nitrogen and oxygen atoms in total. The van der Waals surface area contributed by atoms with E-state index in [2.05, 4.69) is 0 Å². The van der Waals surface area contributed by atoms with Crippen molar-refractivity contribution in [2.45, 2.75) is 34.1 Å². The van der Waals surface area contributed by atoms with Gasteiger partial charge in [0, 0.05) is 11.5 Å². The minimum absolute atomic E-state index is 0.146. The second-order valence-corrected chi connectivity index (χ2v) is 7.94. The monoisotopic (exact) mass is 365 g/mol. The zero-order valence-electron chi connectivity index (χ0n) is 15.0. The van der Waals surface area contributed by atoms with Gasteiger partial charge >= 0.3 is 7.60 Å². The molecule has 0 aromatic heterocycles. The quantitative estimate of drug-likeness (QED) is 0.503. The van der Waals surface area contributed by atoms with Crippen LogP contribution in [0.4, 0.5) is 0 Å². The van der Waals surface area contributed by atoms with E-state index in [0.717, 1.165) is 4.90 Å². The van der Waals surface area contributed by atoms with Gasteiger partial charge in [0.05, 0.1) is 24.3 Å². The molecule has 0 bridgehead atoms. The molecule has 0 aliphatic carbocycles. The Bertz CT molecular complexity index is 696. The van der Waals surface area contributed by atoms with Gasteiger partial charge in [0.25, 0.3) is 11.8 Å². The number of rotatable bonds is 8. The molecule has 25 heavy (non-hydrogen) atoms. The van der Waals surface area contributed by atoms with Crippen molar-refractivity contribution < 1.29 is 23.2 Å². The van der Waals surface area contributed by atoms with Crippen molar-refractivity contribution in [2.24, 2.45) is 5.92 Å². The molecule has 0 N–H and O–H groups in total. The Kier molecular flexibility index (Phi) is 6.33. The third kappa shape index (κ3) is 4.27. The number of fused-ring (bicyclic) bond motifs is 1. The van der Waals surface area contributed by atoms with E-state index >= 15 is 0 Å². The smallest absolute Gasteiger partial charge is 0.306 e. The van der Waals surface area contributed by atoms with Crippen molar-refractivity contribution in [3.8, 4) is 0 Å². The molecule has 2 amide bonds. The average molecular weight is 365 g/mol. The maximum atomic E-state index is 12.9. The Balaban J connectivity index is 2.48. The molecule has 2 rings (SSSR count). The fourth-order valence-corrected chi connectivity index (χ4v) is 4.25. The highest BCUT2D eigenvalue weighted by molar-refractivity contribution is 7.57. The molecule has 1 aromatic rings. The Hall–Kier alpha value is -1.75. The van der Waals surface area contributed by atoms with Gasteiger partial charge in [-0.05, 0) is 38.3 Å². The van der Waals surface area contributed by atoms with Crippen molar-refractivity contribution in [3.63, 3.8) is 0 Å². The van der Waals surface area contributed by atoms with Gasteiger partial charge in [-0.15, -0.1) is 0 Å². The van der Waals surface area contributed by atoms with Crippen LogP contribution >= 0.6 is 7.60 Å². The lowest BCUT2D eigenvalue weighted by molar-refractivity contribution is 0.0697. The Morgan fingerprint density at radius 2 is 1.56 bits per heavy atom. The van der Waals surface area contributed by atoms with Crippen molar-refractivity contribution >= 4 is 19.4 Å². The van der Waals surface area contributed by atoms with Crippen LogP contribution in [0.15, 0.2) is 35.8 Å². The second-order valence-electron chi connectivity index (χ2n) is 6.09. The lowest BCUT2D eigenvalue weighted by Gasteiger charge is -2.22. The number of carbonyl (C=O) groups is 2. The predicted molar refractivity (Wildman–Crippen MR) is 95.3 cm³/mol. The van der Waals surface area contributed by atoms with Gasteiger partial charge < -0.3 is 9.05 Å². The van der Waals surface area contributed by atoms with Gasteiger partial charge in [-0.1, -0.05) is 26.0 Å². The number of hydrogen-bond donors (Lipinski definition) is 0. The third-order valence-corrected chi connectivity index (χ3v) is 5.47. The number of allylic oxidation sites excluding steroid dienone is 1. The molecule has 1 aromatic carbocycles. The molecule has 0 saturated heterocycles. The van der Waals surface area contributed by atoms with E-state index in [9.17, 15) is 14.2 Å². The number of carbonyl (C=O) groups excluding carboxylic acids is 2. The summed E-state index contributed by atoms with van der Waals surface area (Å²) < 4.78 is 23.5. The van der Waals surface area contributed by atoms with Gasteiger partial charge in [-0.25, -0.2) is 4.90 Å². The Labute approximate surface area is 148 Å². The predicted octanol–water partition coefficient (Wildman–Crippen LogP) is 4.44. The van der Waals surface area contributed by atoms with Gasteiger partial charge in [0.2, 0.25) is 0 Å². The molecule has 0 atom stereocenters. The lowest BCUT2D eigenvalue weighted by atomic mass is 10.1. The van der Waals surface area contributed by atoms with Gasteiger partial charge in [-0.3, -0.25) is 14.2 Å². The van der Waals surface area contributed by atoms with Crippen LogP contribution in [0.25, 0.3) is 0 Å². The van der Waals surface area contributed by atoms with E-state index in [0.29, 0.717) is 23.2 Å². The summed E-state index contributed by atoms with van der Waals surface area (Å²) in [6.07, 6.45) is 0.398. The van der Waals surface area contributed by atoms with Gasteiger partial charge in [0.1, 0.15) is 0 Å². The molecule has 0 spiro atoms. The van der Waals surface area contributed by atoms with Crippen LogP contribution in [-0.4, -0.2) is 29.9 Å². The van der Waals surface area contributed by atoms with Crippen molar-refractivity contribution in [2.75, 3.05) is 13.2 Å². The SMILES string of the molecule is CCOP(=O)(/C=C(/CC(C)C)N1C(=O)c2ccccc2C1=O)OCC. The topological polar surface area (TPSA) is 72.9 Å². The van der Waals surface area contributed by atoms with Gasteiger partial charge in [0.15, 0.2) is 0 Å². The minimum atomic E-state index is -3.54. The van der Waals surface area contributed by atoms with Crippen LogP contribution in [0.1, 0.15) is 54.8 Å². The summed E-state index contributed by atoms with van der Waals surface area (Å²) in [7, 11) is -3.54. The van der Waals surface area contributed by atoms with Gasteiger partial charge in [-0.2, -0.15) is 0 Å². The number of imide groups is 1. The highest BCUT2D eigenvalue weighted by Crippen LogP contribution is 2.51. The molecule has 0 fully saturated rings. The molecule has 1 aliphatic rings. The fourth-order valence-electron chi connectivity index (χ4n) is 2.72. The first-order chi connectivity index (χ1) is 11.8. The fraction of sp³-hybridized carbons (Fsp3) is 0.444. The van der Waals surface area contributed by atoms with Crippen LogP contribution in [-0.2, 0) is 13.6 Å². The summed E-state index contributed by atoms with van der Waals surface area (Å²) in [4.78, 5) is 26.5. The number of amides is 2. The maximum Gasteiger partial charge on any atom is 0.355 e. The highest BCUT2D eigenvalue weighted by atomic mass is 31.2. The molecule has 0 radical (unpaired) electrons. The summed E-state index contributed by atoms with van der Waals surface area (Å²) in [5.74, 6) is 0.646. The normalized spacial score (nSPS) is 15.2. The second kappa shape index (κ2) is 8.09. The molecule has 136 valence electrons. The summed E-state index contributed by atoms with van der Waals surface area (Å²) in [5, 5.41) is 0. The first-order valence-corrected chi connectivity index (χ1v) is 10.0. The number of hydrogen-bond acceptors (Lipinski definition) is 5. The molecule has 1 heterocycles. The molecular formula is C18H24NO5P. The largest absolute Gasteiger partial charge is 0.355 e. The van der Waals surface area contributed by atoms with E-state index < -0.39 is 19.4 Å². The standard InChI is InChI=1S/C18H24NO5P/c1-5-23-25(22,24-6-2)12-14(11-13(3)4)19-17(20)15-9-7-8-10-16(15)18(19)21/h7-10,12-13H,5-6,11H2,1-4H3/b14-12-. The van der Waals surface area contributed by atoms with Crippen molar-refractivity contribution in [1.82, 2.24) is 4.90 Å². The molecule has 1 aliphatic heterocycles. The van der Waals surface area contributed by atoms with E-state index in [1.807, 2.05) is 13.8 Å². The van der Waals surface area contributed by atoms with Crippen molar-refractivity contribution in [1.29, 1.82) is 0 Å². The first-order valence-electron chi connectivity index (χ1n) is 8.41. The third-order valence-electron chi connectivity index (χ3n) is 3.62. The Morgan fingerprint density at radius 1 is 1.08 bits per heavy atom. The first kappa shape index (κ1) is 19.6. The van der Waals surface area contributed by atoms with E-state index in [-0.39, 0.29) is 19.1 Å². The van der Waals surface area contributed by atoms with E-state index in [4.69, 9.17) is 9.05 Å². The summed E-state index contributed by atoms with van der Waals surface area (Å²) >= 11 is 0. The van der Waals surface area contributed by atoms with E-state index in [1.165, 1.54) is 5.82 Å².